The molecule has 0 atom stereocenters. The summed E-state index contributed by atoms with van der Waals surface area (Å²) in [5, 5.41) is 2.86. The fraction of sp³-hybridized carbons (Fsp3) is 0.286. The molecule has 2 heterocycles. The van der Waals surface area contributed by atoms with Crippen LogP contribution in [-0.2, 0) is 24.1 Å². The third-order valence-electron chi connectivity index (χ3n) is 6.78. The zero-order valence-corrected chi connectivity index (χ0v) is 20.0. The van der Waals surface area contributed by atoms with Crippen LogP contribution in [0.2, 0.25) is 0 Å². The van der Waals surface area contributed by atoms with Crippen LogP contribution in [0.5, 0.6) is 0 Å². The Bertz CT molecular complexity index is 1370. The molecule has 1 saturated heterocycles. The molecule has 0 bridgehead atoms. The van der Waals surface area contributed by atoms with Gasteiger partial charge in [-0.15, -0.1) is 0 Å². The Hall–Kier alpha value is -3.88. The van der Waals surface area contributed by atoms with Crippen LogP contribution in [0.15, 0.2) is 72.8 Å². The molecule has 0 radical (unpaired) electrons. The number of nitrogens with one attached hydrogen (secondary N) is 1. The van der Waals surface area contributed by atoms with E-state index in [0.717, 1.165) is 34.7 Å². The smallest absolute Gasteiger partial charge is 0.352 e. The van der Waals surface area contributed by atoms with E-state index in [4.69, 9.17) is 4.98 Å². The number of halogens is 4. The molecule has 5 rings (SSSR count). The van der Waals surface area contributed by atoms with Gasteiger partial charge in [0.25, 0.3) is 0 Å². The Morgan fingerprint density at radius 1 is 0.919 bits per heavy atom. The highest BCUT2D eigenvalue weighted by atomic mass is 19.4. The van der Waals surface area contributed by atoms with Gasteiger partial charge in [0.15, 0.2) is 0 Å². The summed E-state index contributed by atoms with van der Waals surface area (Å²) in [6.07, 6.45) is -3.10. The highest BCUT2D eigenvalue weighted by Crippen LogP contribution is 2.30. The minimum Gasteiger partial charge on any atom is -0.352 e. The number of hydrogen-bond donors (Lipinski definition) is 1. The minimum atomic E-state index is -4.38. The van der Waals surface area contributed by atoms with Crippen molar-refractivity contribution in [2.45, 2.75) is 32.1 Å². The molecule has 1 aliphatic heterocycles. The molecule has 4 aromatic rings. The molecule has 192 valence electrons. The van der Waals surface area contributed by atoms with E-state index in [-0.39, 0.29) is 24.2 Å². The maximum Gasteiger partial charge on any atom is 0.416 e. The molecule has 37 heavy (non-hydrogen) atoms. The minimum absolute atomic E-state index is 0.0978. The van der Waals surface area contributed by atoms with Crippen LogP contribution in [0, 0.1) is 11.7 Å². The van der Waals surface area contributed by atoms with Gasteiger partial charge >= 0.3 is 6.18 Å². The van der Waals surface area contributed by atoms with Crippen molar-refractivity contribution in [3.05, 3.63) is 95.3 Å². The van der Waals surface area contributed by atoms with Gasteiger partial charge in [0, 0.05) is 25.6 Å². The van der Waals surface area contributed by atoms with Gasteiger partial charge in [-0.05, 0) is 60.4 Å². The van der Waals surface area contributed by atoms with Gasteiger partial charge in [-0.3, -0.25) is 4.79 Å². The number of nitrogens with zero attached hydrogens (tertiary/aromatic N) is 3. The monoisotopic (exact) mass is 510 g/mol. The number of anilines is 1. The predicted octanol–water partition coefficient (Wildman–Crippen LogP) is 5.78. The Balaban J connectivity index is 1.23. The molecule has 0 aliphatic carbocycles. The fourth-order valence-corrected chi connectivity index (χ4v) is 4.72. The van der Waals surface area contributed by atoms with Crippen LogP contribution < -0.4 is 10.2 Å². The van der Waals surface area contributed by atoms with Crippen molar-refractivity contribution in [3.63, 3.8) is 0 Å². The first-order valence-electron chi connectivity index (χ1n) is 12.2. The summed E-state index contributed by atoms with van der Waals surface area (Å²) in [5.41, 5.74) is 2.73. The first-order chi connectivity index (χ1) is 17.8. The highest BCUT2D eigenvalue weighted by molar-refractivity contribution is 5.80. The molecule has 3 aromatic carbocycles. The van der Waals surface area contributed by atoms with Crippen molar-refractivity contribution in [3.8, 4) is 0 Å². The number of fused-ring (bicyclic) bond motifs is 1. The van der Waals surface area contributed by atoms with Crippen LogP contribution in [0.1, 0.15) is 29.5 Å². The molecule has 1 amide bonds. The summed E-state index contributed by atoms with van der Waals surface area (Å²) in [4.78, 5) is 19.8. The summed E-state index contributed by atoms with van der Waals surface area (Å²) in [5.74, 6) is 0.257. The van der Waals surface area contributed by atoms with Crippen LogP contribution in [0.25, 0.3) is 11.0 Å². The Morgan fingerprint density at radius 3 is 2.24 bits per heavy atom. The molecule has 0 spiro atoms. The molecule has 1 fully saturated rings. The molecule has 0 saturated carbocycles. The first kappa shape index (κ1) is 24.8. The Labute approximate surface area is 211 Å². The lowest BCUT2D eigenvalue weighted by atomic mass is 9.96. The molecular weight excluding hydrogens is 484 g/mol. The number of hydrogen-bond acceptors (Lipinski definition) is 3. The van der Waals surface area contributed by atoms with E-state index in [2.05, 4.69) is 14.8 Å². The molecule has 9 heteroatoms. The lowest BCUT2D eigenvalue weighted by molar-refractivity contribution is -0.137. The van der Waals surface area contributed by atoms with Crippen molar-refractivity contribution in [2.24, 2.45) is 5.92 Å². The predicted molar refractivity (Wildman–Crippen MR) is 133 cm³/mol. The first-order valence-corrected chi connectivity index (χ1v) is 12.2. The van der Waals surface area contributed by atoms with E-state index >= 15 is 0 Å². The van der Waals surface area contributed by atoms with E-state index in [1.54, 1.807) is 12.1 Å². The number of carbonyl (C=O) groups is 1. The third-order valence-corrected chi connectivity index (χ3v) is 6.78. The van der Waals surface area contributed by atoms with E-state index in [0.29, 0.717) is 38.0 Å². The topological polar surface area (TPSA) is 50.2 Å². The van der Waals surface area contributed by atoms with Gasteiger partial charge in [-0.1, -0.05) is 36.4 Å². The van der Waals surface area contributed by atoms with Gasteiger partial charge < -0.3 is 14.8 Å². The lowest BCUT2D eigenvalue weighted by Crippen LogP contribution is -2.41. The van der Waals surface area contributed by atoms with Gasteiger partial charge in [0.05, 0.1) is 23.1 Å². The Kier molecular flexibility index (Phi) is 6.86. The van der Waals surface area contributed by atoms with Crippen molar-refractivity contribution in [2.75, 3.05) is 18.0 Å². The number of para-hydroxylation sites is 2. The van der Waals surface area contributed by atoms with E-state index in [1.807, 2.05) is 24.3 Å². The number of amides is 1. The molecule has 0 unspecified atom stereocenters. The van der Waals surface area contributed by atoms with Gasteiger partial charge in [-0.25, -0.2) is 9.37 Å². The summed E-state index contributed by atoms with van der Waals surface area (Å²) in [6, 6.07) is 19.1. The summed E-state index contributed by atoms with van der Waals surface area (Å²) in [6.45, 7) is 2.02. The number of alkyl halides is 3. The molecule has 1 N–H and O–H groups in total. The van der Waals surface area contributed by atoms with Crippen LogP contribution in [0.3, 0.4) is 0 Å². The third kappa shape index (κ3) is 5.60. The van der Waals surface area contributed by atoms with E-state index in [1.165, 1.54) is 24.3 Å². The average molecular weight is 511 g/mol. The van der Waals surface area contributed by atoms with Crippen molar-refractivity contribution in [1.29, 1.82) is 0 Å². The lowest BCUT2D eigenvalue weighted by Gasteiger charge is -2.32. The number of benzene rings is 3. The largest absolute Gasteiger partial charge is 0.416 e. The summed E-state index contributed by atoms with van der Waals surface area (Å²) in [7, 11) is 0. The quantitative estimate of drug-likeness (QED) is 0.335. The number of imidazole rings is 1. The maximum absolute atomic E-state index is 13.4. The normalized spacial score (nSPS) is 14.8. The second-order valence-electron chi connectivity index (χ2n) is 9.29. The van der Waals surface area contributed by atoms with Gasteiger partial charge in [0.1, 0.15) is 5.82 Å². The summed E-state index contributed by atoms with van der Waals surface area (Å²) < 4.78 is 53.8. The second kappa shape index (κ2) is 10.2. The number of carbonyl (C=O) groups excluding carboxylic acids is 1. The average Bonchev–Trinajstić information content (AvgIpc) is 3.26. The zero-order valence-electron chi connectivity index (χ0n) is 20.0. The van der Waals surface area contributed by atoms with E-state index in [9.17, 15) is 22.4 Å². The number of rotatable bonds is 6. The van der Waals surface area contributed by atoms with Crippen LogP contribution >= 0.6 is 0 Å². The van der Waals surface area contributed by atoms with Crippen molar-refractivity contribution < 1.29 is 22.4 Å². The maximum atomic E-state index is 13.4. The highest BCUT2D eigenvalue weighted by Gasteiger charge is 2.30. The van der Waals surface area contributed by atoms with Crippen molar-refractivity contribution >= 4 is 22.9 Å². The molecule has 1 aliphatic rings. The molecular formula is C28H26F4N4O. The molecule has 1 aromatic heterocycles. The van der Waals surface area contributed by atoms with Gasteiger partial charge in [0.2, 0.25) is 11.9 Å². The fourth-order valence-electron chi connectivity index (χ4n) is 4.72. The SMILES string of the molecule is O=C(NCc1ccc(C(F)(F)F)cc1)C1CCN(c2nc3ccccc3n2Cc2ccc(F)cc2)CC1. The second-order valence-corrected chi connectivity index (χ2v) is 9.29. The number of piperidine rings is 1. The zero-order chi connectivity index (χ0) is 26.0. The van der Waals surface area contributed by atoms with E-state index < -0.39 is 11.7 Å². The number of aromatic nitrogens is 2. The van der Waals surface area contributed by atoms with Crippen LogP contribution in [0.4, 0.5) is 23.5 Å². The molecule has 5 nitrogen and oxygen atoms in total. The van der Waals surface area contributed by atoms with Crippen molar-refractivity contribution in [1.82, 2.24) is 14.9 Å². The van der Waals surface area contributed by atoms with Crippen LogP contribution in [-0.4, -0.2) is 28.5 Å². The standard InChI is InChI=1S/C28H26F4N4O/c29-23-11-7-20(8-12-23)18-36-25-4-2-1-3-24(25)34-27(36)35-15-13-21(14-16-35)26(37)33-17-19-5-9-22(10-6-19)28(30,31)32/h1-12,21H,13-18H2,(H,33,37). The Morgan fingerprint density at radius 2 is 1.57 bits per heavy atom. The van der Waals surface area contributed by atoms with Gasteiger partial charge in [-0.2, -0.15) is 13.2 Å². The summed E-state index contributed by atoms with van der Waals surface area (Å²) >= 11 is 0.